The van der Waals surface area contributed by atoms with E-state index in [-0.39, 0.29) is 0 Å². The van der Waals surface area contributed by atoms with Crippen molar-refractivity contribution in [3.8, 4) is 11.5 Å². The lowest BCUT2D eigenvalue weighted by Gasteiger charge is -2.01. The van der Waals surface area contributed by atoms with Crippen molar-refractivity contribution in [1.82, 2.24) is 15.0 Å². The Balaban J connectivity index is 1.70. The third-order valence-electron chi connectivity index (χ3n) is 3.47. The number of hydrogen-bond acceptors (Lipinski definition) is 3. The third kappa shape index (κ3) is 2.45. The first kappa shape index (κ1) is 12.3. The number of H-pyrrole nitrogens is 1. The molecule has 2 aromatic carbocycles. The molecule has 0 aliphatic carbocycles. The molecule has 0 spiro atoms. The second kappa shape index (κ2) is 5.14. The van der Waals surface area contributed by atoms with Gasteiger partial charge in [-0.25, -0.2) is 9.97 Å². The van der Waals surface area contributed by atoms with Crippen molar-refractivity contribution in [3.63, 3.8) is 0 Å². The SMILES string of the molecule is c1ccc(Cc2ccc3nc(-c4cscn4)[nH]c3c2)cc1. The Morgan fingerprint density at radius 1 is 1.00 bits per heavy atom. The highest BCUT2D eigenvalue weighted by molar-refractivity contribution is 7.07. The zero-order valence-electron chi connectivity index (χ0n) is 11.3. The van der Waals surface area contributed by atoms with Crippen LogP contribution in [0.15, 0.2) is 59.4 Å². The minimum Gasteiger partial charge on any atom is -0.337 e. The minimum atomic E-state index is 0.836. The molecule has 4 aromatic rings. The van der Waals surface area contributed by atoms with Crippen molar-refractivity contribution in [2.24, 2.45) is 0 Å². The van der Waals surface area contributed by atoms with Gasteiger partial charge in [0.15, 0.2) is 5.82 Å². The quantitative estimate of drug-likeness (QED) is 0.612. The maximum atomic E-state index is 4.59. The molecule has 1 N–H and O–H groups in total. The van der Waals surface area contributed by atoms with E-state index in [0.29, 0.717) is 0 Å². The molecule has 3 nitrogen and oxygen atoms in total. The normalized spacial score (nSPS) is 11.0. The van der Waals surface area contributed by atoms with E-state index in [9.17, 15) is 0 Å². The maximum Gasteiger partial charge on any atom is 0.158 e. The zero-order valence-corrected chi connectivity index (χ0v) is 12.1. The summed E-state index contributed by atoms with van der Waals surface area (Å²) in [5.74, 6) is 0.836. The predicted molar refractivity (Wildman–Crippen MR) is 86.4 cm³/mol. The van der Waals surface area contributed by atoms with Gasteiger partial charge >= 0.3 is 0 Å². The number of nitrogens with zero attached hydrogens (tertiary/aromatic N) is 2. The van der Waals surface area contributed by atoms with Crippen LogP contribution in [0.2, 0.25) is 0 Å². The minimum absolute atomic E-state index is 0.836. The average molecular weight is 291 g/mol. The monoisotopic (exact) mass is 291 g/mol. The lowest BCUT2D eigenvalue weighted by atomic mass is 10.0. The molecular weight excluding hydrogens is 278 g/mol. The van der Waals surface area contributed by atoms with Crippen LogP contribution in [0.4, 0.5) is 0 Å². The molecule has 0 unspecified atom stereocenters. The van der Waals surface area contributed by atoms with Gasteiger partial charge in [-0.05, 0) is 29.7 Å². The average Bonchev–Trinajstić information content (AvgIpc) is 3.17. The number of imidazole rings is 1. The summed E-state index contributed by atoms with van der Waals surface area (Å²) in [6, 6.07) is 16.9. The molecule has 0 amide bonds. The van der Waals surface area contributed by atoms with Crippen molar-refractivity contribution in [3.05, 3.63) is 70.5 Å². The van der Waals surface area contributed by atoms with Gasteiger partial charge in [0.25, 0.3) is 0 Å². The first-order valence-corrected chi connectivity index (χ1v) is 7.74. The fourth-order valence-electron chi connectivity index (χ4n) is 2.45. The summed E-state index contributed by atoms with van der Waals surface area (Å²) in [5, 5.41) is 2.00. The summed E-state index contributed by atoms with van der Waals surface area (Å²) in [4.78, 5) is 12.2. The van der Waals surface area contributed by atoms with Crippen molar-refractivity contribution in [2.75, 3.05) is 0 Å². The molecule has 102 valence electrons. The lowest BCUT2D eigenvalue weighted by molar-refractivity contribution is 1.20. The van der Waals surface area contributed by atoms with Crippen LogP contribution in [0, 0.1) is 0 Å². The number of rotatable bonds is 3. The van der Waals surface area contributed by atoms with E-state index in [1.807, 2.05) is 17.0 Å². The molecule has 0 bridgehead atoms. The van der Waals surface area contributed by atoms with Crippen LogP contribution in [0.3, 0.4) is 0 Å². The lowest BCUT2D eigenvalue weighted by Crippen LogP contribution is -1.87. The van der Waals surface area contributed by atoms with Gasteiger partial charge in [0.05, 0.1) is 16.5 Å². The van der Waals surface area contributed by atoms with Crippen molar-refractivity contribution < 1.29 is 0 Å². The van der Waals surface area contributed by atoms with Gasteiger partial charge in [0.1, 0.15) is 5.69 Å². The molecule has 4 heteroatoms. The van der Waals surface area contributed by atoms with Crippen molar-refractivity contribution >= 4 is 22.4 Å². The van der Waals surface area contributed by atoms with Gasteiger partial charge < -0.3 is 4.98 Å². The van der Waals surface area contributed by atoms with E-state index in [1.165, 1.54) is 11.1 Å². The van der Waals surface area contributed by atoms with Crippen molar-refractivity contribution in [1.29, 1.82) is 0 Å². The maximum absolute atomic E-state index is 4.59. The first-order chi connectivity index (χ1) is 10.4. The highest BCUT2D eigenvalue weighted by Gasteiger charge is 2.07. The molecular formula is C17H13N3S. The number of aromatic nitrogens is 3. The van der Waals surface area contributed by atoms with Gasteiger partial charge in [-0.2, -0.15) is 0 Å². The zero-order chi connectivity index (χ0) is 14.1. The van der Waals surface area contributed by atoms with Gasteiger partial charge in [-0.3, -0.25) is 0 Å². The van der Waals surface area contributed by atoms with Crippen LogP contribution < -0.4 is 0 Å². The van der Waals surface area contributed by atoms with Crippen LogP contribution in [0.5, 0.6) is 0 Å². The Kier molecular flexibility index (Phi) is 3.01. The van der Waals surface area contributed by atoms with Gasteiger partial charge in [0, 0.05) is 5.38 Å². The van der Waals surface area contributed by atoms with Crippen molar-refractivity contribution in [2.45, 2.75) is 6.42 Å². The number of aromatic amines is 1. The fourth-order valence-corrected chi connectivity index (χ4v) is 2.99. The number of fused-ring (bicyclic) bond motifs is 1. The predicted octanol–water partition coefficient (Wildman–Crippen LogP) is 4.28. The molecule has 0 aliphatic rings. The topological polar surface area (TPSA) is 41.6 Å². The van der Waals surface area contributed by atoms with Crippen LogP contribution >= 0.6 is 11.3 Å². The van der Waals surface area contributed by atoms with Crippen LogP contribution in [-0.4, -0.2) is 15.0 Å². The molecule has 21 heavy (non-hydrogen) atoms. The summed E-state index contributed by atoms with van der Waals surface area (Å²) in [6.07, 6.45) is 0.932. The highest BCUT2D eigenvalue weighted by Crippen LogP contribution is 2.22. The smallest absolute Gasteiger partial charge is 0.158 e. The molecule has 0 aliphatic heterocycles. The van der Waals surface area contributed by atoms with Crippen LogP contribution in [0.1, 0.15) is 11.1 Å². The summed E-state index contributed by atoms with van der Waals surface area (Å²) in [5.41, 5.74) is 7.36. The number of hydrogen-bond donors (Lipinski definition) is 1. The highest BCUT2D eigenvalue weighted by atomic mass is 32.1. The van der Waals surface area contributed by atoms with Gasteiger partial charge in [0.2, 0.25) is 0 Å². The molecule has 2 aromatic heterocycles. The molecule has 2 heterocycles. The number of thiazole rings is 1. The number of nitrogens with one attached hydrogen (secondary N) is 1. The molecule has 0 radical (unpaired) electrons. The largest absolute Gasteiger partial charge is 0.337 e. The second-order valence-corrected chi connectivity index (χ2v) is 5.69. The van der Waals surface area contributed by atoms with E-state index < -0.39 is 0 Å². The standard InChI is InChI=1S/C17H13N3S/c1-2-4-12(5-3-1)8-13-6-7-14-15(9-13)20-17(19-14)16-10-21-11-18-16/h1-7,9-11H,8H2,(H,19,20). The summed E-state index contributed by atoms with van der Waals surface area (Å²) in [7, 11) is 0. The Morgan fingerprint density at radius 3 is 2.71 bits per heavy atom. The van der Waals surface area contributed by atoms with Gasteiger partial charge in [-0.15, -0.1) is 11.3 Å². The Labute approximate surface area is 126 Å². The van der Waals surface area contributed by atoms with Crippen LogP contribution in [-0.2, 0) is 6.42 Å². The fraction of sp³-hybridized carbons (Fsp3) is 0.0588. The molecule has 4 rings (SSSR count). The number of benzene rings is 2. The molecule has 0 atom stereocenters. The van der Waals surface area contributed by atoms with E-state index in [4.69, 9.17) is 0 Å². The summed E-state index contributed by atoms with van der Waals surface area (Å²) in [6.45, 7) is 0. The third-order valence-corrected chi connectivity index (χ3v) is 4.06. The molecule has 0 saturated carbocycles. The summed E-state index contributed by atoms with van der Waals surface area (Å²) >= 11 is 1.58. The summed E-state index contributed by atoms with van der Waals surface area (Å²) < 4.78 is 0. The second-order valence-electron chi connectivity index (χ2n) is 4.97. The van der Waals surface area contributed by atoms with E-state index in [2.05, 4.69) is 57.4 Å². The Bertz CT molecular complexity index is 864. The van der Waals surface area contributed by atoms with Crippen LogP contribution in [0.25, 0.3) is 22.6 Å². The molecule has 0 saturated heterocycles. The first-order valence-electron chi connectivity index (χ1n) is 6.79. The Hall–Kier alpha value is -2.46. The van der Waals surface area contributed by atoms with E-state index >= 15 is 0 Å². The Morgan fingerprint density at radius 2 is 1.90 bits per heavy atom. The van der Waals surface area contributed by atoms with E-state index in [1.54, 1.807) is 11.3 Å². The van der Waals surface area contributed by atoms with E-state index in [0.717, 1.165) is 29.0 Å². The van der Waals surface area contributed by atoms with Gasteiger partial charge in [-0.1, -0.05) is 36.4 Å². The molecule has 0 fully saturated rings.